The molecule has 0 atom stereocenters. The van der Waals surface area contributed by atoms with Crippen molar-refractivity contribution in [3.05, 3.63) is 69.6 Å². The van der Waals surface area contributed by atoms with Crippen molar-refractivity contribution in [3.63, 3.8) is 0 Å². The second kappa shape index (κ2) is 6.30. The topological polar surface area (TPSA) is 51.1 Å². The highest BCUT2D eigenvalue weighted by molar-refractivity contribution is 5.75. The number of pyridine rings is 1. The number of aryl methyl sites for hydroxylation is 1. The average Bonchev–Trinajstić information content (AvgIpc) is 2.44. The Morgan fingerprint density at radius 2 is 2.00 bits per heavy atom. The molecule has 0 radical (unpaired) electrons. The van der Waals surface area contributed by atoms with Crippen LogP contribution in [0.3, 0.4) is 0 Å². The molecule has 0 saturated heterocycles. The van der Waals surface area contributed by atoms with Gasteiger partial charge in [-0.3, -0.25) is 9.59 Å². The van der Waals surface area contributed by atoms with Crippen molar-refractivity contribution >= 4 is 5.91 Å². The van der Waals surface area contributed by atoms with Crippen molar-refractivity contribution in [1.29, 1.82) is 0 Å². The van der Waals surface area contributed by atoms with E-state index in [1.54, 1.807) is 19.1 Å². The fourth-order valence-corrected chi connectivity index (χ4v) is 1.78. The molecule has 1 N–H and O–H groups in total. The van der Waals surface area contributed by atoms with Crippen LogP contribution < -0.4 is 10.9 Å². The molecular weight excluding hydrogens is 278 g/mol. The molecule has 1 heterocycles. The molecule has 1 aromatic carbocycles. The summed E-state index contributed by atoms with van der Waals surface area (Å²) in [5.41, 5.74) is 0.669. The van der Waals surface area contributed by atoms with Gasteiger partial charge in [0.25, 0.3) is 5.56 Å². The minimum Gasteiger partial charge on any atom is -0.350 e. The van der Waals surface area contributed by atoms with Crippen LogP contribution in [0.4, 0.5) is 8.78 Å². The second-order valence-corrected chi connectivity index (χ2v) is 4.67. The number of rotatable bonds is 4. The Morgan fingerprint density at radius 1 is 1.24 bits per heavy atom. The lowest BCUT2D eigenvalue weighted by Crippen LogP contribution is -2.31. The third-order valence-electron chi connectivity index (χ3n) is 2.99. The summed E-state index contributed by atoms with van der Waals surface area (Å²) in [4.78, 5) is 23.1. The van der Waals surface area contributed by atoms with Gasteiger partial charge in [0.15, 0.2) is 0 Å². The third-order valence-corrected chi connectivity index (χ3v) is 2.99. The summed E-state index contributed by atoms with van der Waals surface area (Å²) in [6, 6.07) is 6.74. The van der Waals surface area contributed by atoms with E-state index in [0.717, 1.165) is 22.9 Å². The lowest BCUT2D eigenvalue weighted by atomic mass is 10.1. The number of carbonyl (C=O) groups is 1. The molecule has 0 aliphatic rings. The molecule has 0 unspecified atom stereocenters. The first kappa shape index (κ1) is 14.9. The standard InChI is InChI=1S/C15H14F2N2O2/c1-10-2-3-11(6-13(10)17)7-18-14(20)9-19-8-12(16)4-5-15(19)21/h2-6,8H,7,9H2,1H3,(H,18,20). The summed E-state index contributed by atoms with van der Waals surface area (Å²) in [5.74, 6) is -1.39. The highest BCUT2D eigenvalue weighted by Gasteiger charge is 2.06. The maximum Gasteiger partial charge on any atom is 0.251 e. The van der Waals surface area contributed by atoms with Crippen molar-refractivity contribution < 1.29 is 13.6 Å². The maximum atomic E-state index is 13.3. The number of amides is 1. The van der Waals surface area contributed by atoms with E-state index in [0.29, 0.717) is 11.1 Å². The molecule has 21 heavy (non-hydrogen) atoms. The number of carbonyl (C=O) groups excluding carboxylic acids is 1. The highest BCUT2D eigenvalue weighted by atomic mass is 19.1. The molecule has 110 valence electrons. The van der Waals surface area contributed by atoms with Crippen molar-refractivity contribution in [2.75, 3.05) is 0 Å². The minimum atomic E-state index is -0.594. The number of halogens is 2. The molecule has 4 nitrogen and oxygen atoms in total. The Hall–Kier alpha value is -2.50. The largest absolute Gasteiger partial charge is 0.350 e. The highest BCUT2D eigenvalue weighted by Crippen LogP contribution is 2.08. The van der Waals surface area contributed by atoms with Gasteiger partial charge in [0.2, 0.25) is 5.91 Å². The Morgan fingerprint density at radius 3 is 2.71 bits per heavy atom. The van der Waals surface area contributed by atoms with Gasteiger partial charge in [-0.15, -0.1) is 0 Å². The quantitative estimate of drug-likeness (QED) is 0.933. The predicted molar refractivity (Wildman–Crippen MR) is 73.6 cm³/mol. The number of hydrogen-bond acceptors (Lipinski definition) is 2. The van der Waals surface area contributed by atoms with Crippen LogP contribution in [0.1, 0.15) is 11.1 Å². The minimum absolute atomic E-state index is 0.139. The van der Waals surface area contributed by atoms with E-state index in [1.807, 2.05) is 0 Å². The predicted octanol–water partition coefficient (Wildman–Crippen LogP) is 1.75. The van der Waals surface area contributed by atoms with E-state index in [9.17, 15) is 18.4 Å². The number of nitrogens with one attached hydrogen (secondary N) is 1. The Kier molecular flexibility index (Phi) is 4.47. The van der Waals surface area contributed by atoms with Crippen LogP contribution in [0.25, 0.3) is 0 Å². The van der Waals surface area contributed by atoms with Crippen LogP contribution in [0, 0.1) is 18.6 Å². The fourth-order valence-electron chi connectivity index (χ4n) is 1.78. The van der Waals surface area contributed by atoms with Crippen LogP contribution in [0.2, 0.25) is 0 Å². The fraction of sp³-hybridized carbons (Fsp3) is 0.200. The van der Waals surface area contributed by atoms with Crippen LogP contribution in [0.5, 0.6) is 0 Å². The number of benzene rings is 1. The maximum absolute atomic E-state index is 13.3. The molecular formula is C15H14F2N2O2. The smallest absolute Gasteiger partial charge is 0.251 e. The van der Waals surface area contributed by atoms with Gasteiger partial charge in [0.05, 0.1) is 0 Å². The van der Waals surface area contributed by atoms with E-state index in [-0.39, 0.29) is 18.9 Å². The van der Waals surface area contributed by atoms with E-state index in [4.69, 9.17) is 0 Å². The molecule has 0 aliphatic carbocycles. The number of hydrogen-bond donors (Lipinski definition) is 1. The lowest BCUT2D eigenvalue weighted by Gasteiger charge is -2.08. The van der Waals surface area contributed by atoms with Crippen molar-refractivity contribution in [2.45, 2.75) is 20.0 Å². The molecule has 1 aromatic heterocycles. The molecule has 2 aromatic rings. The Balaban J connectivity index is 1.97. The van der Waals surface area contributed by atoms with Gasteiger partial charge >= 0.3 is 0 Å². The first-order valence-corrected chi connectivity index (χ1v) is 6.33. The summed E-state index contributed by atoms with van der Waals surface area (Å²) in [5, 5.41) is 2.55. The Bertz CT molecular complexity index is 726. The molecule has 0 aliphatic heterocycles. The lowest BCUT2D eigenvalue weighted by molar-refractivity contribution is -0.121. The summed E-state index contributed by atoms with van der Waals surface area (Å²) >= 11 is 0. The molecule has 0 fully saturated rings. The number of nitrogens with zero attached hydrogens (tertiary/aromatic N) is 1. The van der Waals surface area contributed by atoms with Gasteiger partial charge in [0.1, 0.15) is 18.2 Å². The van der Waals surface area contributed by atoms with E-state index in [2.05, 4.69) is 5.32 Å². The second-order valence-electron chi connectivity index (χ2n) is 4.67. The molecule has 6 heteroatoms. The summed E-state index contributed by atoms with van der Waals surface area (Å²) in [6.45, 7) is 1.50. The zero-order valence-electron chi connectivity index (χ0n) is 11.4. The normalized spacial score (nSPS) is 10.4. The van der Waals surface area contributed by atoms with E-state index < -0.39 is 17.3 Å². The van der Waals surface area contributed by atoms with Gasteiger partial charge in [-0.1, -0.05) is 12.1 Å². The van der Waals surface area contributed by atoms with Gasteiger partial charge < -0.3 is 9.88 Å². The summed E-state index contributed by atoms with van der Waals surface area (Å²) in [6.07, 6.45) is 0.966. The molecule has 0 spiro atoms. The van der Waals surface area contributed by atoms with Crippen molar-refractivity contribution in [2.24, 2.45) is 0 Å². The SMILES string of the molecule is Cc1ccc(CNC(=O)Cn2cc(F)ccc2=O)cc1F. The van der Waals surface area contributed by atoms with Crippen LogP contribution >= 0.6 is 0 Å². The zero-order chi connectivity index (χ0) is 15.4. The molecule has 0 saturated carbocycles. The Labute approximate surface area is 120 Å². The van der Waals surface area contributed by atoms with Crippen molar-refractivity contribution in [1.82, 2.24) is 9.88 Å². The molecule has 0 bridgehead atoms. The monoisotopic (exact) mass is 292 g/mol. The third kappa shape index (κ3) is 3.98. The van der Waals surface area contributed by atoms with E-state index in [1.165, 1.54) is 6.07 Å². The van der Waals surface area contributed by atoms with Crippen LogP contribution in [-0.4, -0.2) is 10.5 Å². The van der Waals surface area contributed by atoms with Crippen LogP contribution in [-0.2, 0) is 17.9 Å². The van der Waals surface area contributed by atoms with Gasteiger partial charge in [-0.25, -0.2) is 8.78 Å². The van der Waals surface area contributed by atoms with Gasteiger partial charge in [0, 0.05) is 18.8 Å². The van der Waals surface area contributed by atoms with E-state index >= 15 is 0 Å². The number of aromatic nitrogens is 1. The first-order valence-electron chi connectivity index (χ1n) is 6.33. The zero-order valence-corrected chi connectivity index (χ0v) is 11.4. The van der Waals surface area contributed by atoms with Crippen molar-refractivity contribution in [3.8, 4) is 0 Å². The van der Waals surface area contributed by atoms with Gasteiger partial charge in [-0.2, -0.15) is 0 Å². The average molecular weight is 292 g/mol. The summed E-state index contributed by atoms with van der Waals surface area (Å²) < 4.78 is 27.3. The molecule has 1 amide bonds. The summed E-state index contributed by atoms with van der Waals surface area (Å²) in [7, 11) is 0. The first-order chi connectivity index (χ1) is 9.95. The van der Waals surface area contributed by atoms with Crippen LogP contribution in [0.15, 0.2) is 41.3 Å². The molecule has 2 rings (SSSR count). The van der Waals surface area contributed by atoms with Gasteiger partial charge in [-0.05, 0) is 30.2 Å².